The zero-order valence-electron chi connectivity index (χ0n) is 4.18. The Morgan fingerprint density at radius 2 is 2.29 bits per heavy atom. The molecule has 3 heteroatoms. The summed E-state index contributed by atoms with van der Waals surface area (Å²) in [5.74, 6) is 0. The summed E-state index contributed by atoms with van der Waals surface area (Å²) in [6, 6.07) is 1.82. The van der Waals surface area contributed by atoms with E-state index in [1.807, 2.05) is 6.07 Å². The molecule has 7 heavy (non-hydrogen) atoms. The third-order valence-corrected chi connectivity index (χ3v) is 0.387. The van der Waals surface area contributed by atoms with Crippen molar-refractivity contribution in [3.05, 3.63) is 0 Å². The summed E-state index contributed by atoms with van der Waals surface area (Å²) in [5.41, 5.74) is 0. The van der Waals surface area contributed by atoms with Gasteiger partial charge in [0.05, 0.1) is 18.6 Å². The highest BCUT2D eigenvalue weighted by atomic mass is 16.3. The Morgan fingerprint density at radius 3 is 2.29 bits per heavy atom. The summed E-state index contributed by atoms with van der Waals surface area (Å²) in [7, 11) is 0. The maximum absolute atomic E-state index is 8.33. The molecule has 0 aromatic carbocycles. The molecule has 0 aliphatic heterocycles. The number of nitriles is 1. The lowest BCUT2D eigenvalue weighted by molar-refractivity contribution is 0.200. The SMILES string of the molecule is CC(O)CC#N.O. The minimum absolute atomic E-state index is 0. The molecule has 0 saturated carbocycles. The molecule has 3 nitrogen and oxygen atoms in total. The lowest BCUT2D eigenvalue weighted by Gasteiger charge is -1.88. The summed E-state index contributed by atoms with van der Waals surface area (Å²) in [6.07, 6.45) is -0.227. The highest BCUT2D eigenvalue weighted by Crippen LogP contribution is 1.82. The van der Waals surface area contributed by atoms with Crippen molar-refractivity contribution in [1.82, 2.24) is 0 Å². The normalized spacial score (nSPS) is 11.0. The maximum Gasteiger partial charge on any atom is 0.0648 e. The number of rotatable bonds is 1. The van der Waals surface area contributed by atoms with Gasteiger partial charge in [0.25, 0.3) is 0 Å². The van der Waals surface area contributed by atoms with E-state index >= 15 is 0 Å². The molecule has 0 aromatic heterocycles. The van der Waals surface area contributed by atoms with Gasteiger partial charge in [-0.05, 0) is 6.92 Å². The fourth-order valence-corrected chi connectivity index (χ4v) is 0.132. The van der Waals surface area contributed by atoms with Crippen molar-refractivity contribution in [3.8, 4) is 6.07 Å². The molecule has 42 valence electrons. The Morgan fingerprint density at radius 1 is 1.86 bits per heavy atom. The van der Waals surface area contributed by atoms with Crippen LogP contribution in [0.5, 0.6) is 0 Å². The Kier molecular flexibility index (Phi) is 7.46. The Labute approximate surface area is 42.5 Å². The van der Waals surface area contributed by atoms with Gasteiger partial charge < -0.3 is 10.6 Å². The lowest BCUT2D eigenvalue weighted by Crippen LogP contribution is -1.94. The van der Waals surface area contributed by atoms with Crippen LogP contribution in [0.1, 0.15) is 13.3 Å². The zero-order valence-corrected chi connectivity index (χ0v) is 4.18. The van der Waals surface area contributed by atoms with E-state index in [1.165, 1.54) is 0 Å². The molecule has 1 atom stereocenters. The smallest absolute Gasteiger partial charge is 0.0648 e. The topological polar surface area (TPSA) is 75.5 Å². The minimum atomic E-state index is -0.463. The van der Waals surface area contributed by atoms with Crippen molar-refractivity contribution in [2.24, 2.45) is 0 Å². The third kappa shape index (κ3) is 10.8. The van der Waals surface area contributed by atoms with E-state index in [-0.39, 0.29) is 11.9 Å². The number of nitrogens with zero attached hydrogens (tertiary/aromatic N) is 1. The molecule has 0 heterocycles. The average molecular weight is 103 g/mol. The molecule has 0 fully saturated rings. The number of hydrogen-bond acceptors (Lipinski definition) is 2. The van der Waals surface area contributed by atoms with Crippen LogP contribution >= 0.6 is 0 Å². The van der Waals surface area contributed by atoms with Gasteiger partial charge in [0.15, 0.2) is 0 Å². The van der Waals surface area contributed by atoms with E-state index in [9.17, 15) is 0 Å². The fraction of sp³-hybridized carbons (Fsp3) is 0.750. The summed E-state index contributed by atoms with van der Waals surface area (Å²) < 4.78 is 0. The van der Waals surface area contributed by atoms with Crippen molar-refractivity contribution in [1.29, 1.82) is 5.26 Å². The molecule has 3 N–H and O–H groups in total. The van der Waals surface area contributed by atoms with Crippen LogP contribution in [0.2, 0.25) is 0 Å². The molecule has 0 spiro atoms. The fourth-order valence-electron chi connectivity index (χ4n) is 0.132. The van der Waals surface area contributed by atoms with E-state index in [2.05, 4.69) is 0 Å². The van der Waals surface area contributed by atoms with Gasteiger partial charge in [0.1, 0.15) is 0 Å². The Hall–Kier alpha value is -0.590. The first-order valence-corrected chi connectivity index (χ1v) is 1.82. The minimum Gasteiger partial charge on any atom is -0.412 e. The predicted octanol–water partition coefficient (Wildman–Crippen LogP) is -0.544. The van der Waals surface area contributed by atoms with Gasteiger partial charge in [-0.3, -0.25) is 0 Å². The monoisotopic (exact) mass is 103 g/mol. The zero-order chi connectivity index (χ0) is 4.99. The van der Waals surface area contributed by atoms with Crippen molar-refractivity contribution in [3.63, 3.8) is 0 Å². The van der Waals surface area contributed by atoms with Crippen molar-refractivity contribution in [2.45, 2.75) is 19.4 Å². The summed E-state index contributed by atoms with van der Waals surface area (Å²) in [5, 5.41) is 16.2. The molecule has 0 rings (SSSR count). The lowest BCUT2D eigenvalue weighted by atomic mass is 10.3. The van der Waals surface area contributed by atoms with Gasteiger partial charge in [-0.25, -0.2) is 0 Å². The quantitative estimate of drug-likeness (QED) is 0.483. The molecular weight excluding hydrogens is 94.0 g/mol. The van der Waals surface area contributed by atoms with Crippen LogP contribution in [-0.2, 0) is 0 Å². The van der Waals surface area contributed by atoms with Crippen molar-refractivity contribution in [2.75, 3.05) is 0 Å². The van der Waals surface area contributed by atoms with Crippen LogP contribution < -0.4 is 0 Å². The number of aliphatic hydroxyl groups is 1. The van der Waals surface area contributed by atoms with Gasteiger partial charge in [0.2, 0.25) is 0 Å². The predicted molar refractivity (Wildman–Crippen MR) is 25.5 cm³/mol. The molecule has 0 radical (unpaired) electrons. The van der Waals surface area contributed by atoms with Crippen LogP contribution in [0.25, 0.3) is 0 Å². The Balaban J connectivity index is 0. The van der Waals surface area contributed by atoms with Gasteiger partial charge in [-0.1, -0.05) is 0 Å². The summed E-state index contributed by atoms with van der Waals surface area (Å²) in [4.78, 5) is 0. The van der Waals surface area contributed by atoms with E-state index in [4.69, 9.17) is 10.4 Å². The van der Waals surface area contributed by atoms with E-state index < -0.39 is 6.10 Å². The van der Waals surface area contributed by atoms with Crippen LogP contribution in [0.3, 0.4) is 0 Å². The second kappa shape index (κ2) is 5.41. The summed E-state index contributed by atoms with van der Waals surface area (Å²) >= 11 is 0. The van der Waals surface area contributed by atoms with E-state index in [0.29, 0.717) is 0 Å². The van der Waals surface area contributed by atoms with Crippen molar-refractivity contribution >= 4 is 0 Å². The molecule has 1 unspecified atom stereocenters. The molecular formula is C4H9NO2. The second-order valence-corrected chi connectivity index (χ2v) is 1.21. The molecule has 0 aliphatic rings. The standard InChI is InChI=1S/C4H7NO.H2O/c1-4(6)2-3-5;/h4,6H,2H2,1H3;1H2. The molecule has 0 amide bonds. The molecule has 0 aromatic rings. The van der Waals surface area contributed by atoms with Gasteiger partial charge in [0, 0.05) is 0 Å². The van der Waals surface area contributed by atoms with Crippen LogP contribution in [0.4, 0.5) is 0 Å². The van der Waals surface area contributed by atoms with E-state index in [0.717, 1.165) is 0 Å². The highest BCUT2D eigenvalue weighted by Gasteiger charge is 1.87. The highest BCUT2D eigenvalue weighted by molar-refractivity contribution is 4.71. The maximum atomic E-state index is 8.33. The number of hydrogen-bond donors (Lipinski definition) is 1. The average Bonchev–Trinajstić information content (AvgIpc) is 1.35. The van der Waals surface area contributed by atoms with Crippen LogP contribution in [0, 0.1) is 11.3 Å². The number of aliphatic hydroxyl groups excluding tert-OH is 1. The van der Waals surface area contributed by atoms with Gasteiger partial charge >= 0.3 is 0 Å². The second-order valence-electron chi connectivity index (χ2n) is 1.21. The third-order valence-electron chi connectivity index (χ3n) is 0.387. The molecule has 0 saturated heterocycles. The van der Waals surface area contributed by atoms with E-state index in [1.54, 1.807) is 6.92 Å². The van der Waals surface area contributed by atoms with Crippen LogP contribution in [-0.4, -0.2) is 16.7 Å². The van der Waals surface area contributed by atoms with Crippen molar-refractivity contribution < 1.29 is 10.6 Å². The Bertz CT molecular complexity index is 64.6. The van der Waals surface area contributed by atoms with Gasteiger partial charge in [-0.15, -0.1) is 0 Å². The molecule has 0 bridgehead atoms. The largest absolute Gasteiger partial charge is 0.412 e. The van der Waals surface area contributed by atoms with Gasteiger partial charge in [-0.2, -0.15) is 5.26 Å². The summed E-state index contributed by atoms with van der Waals surface area (Å²) in [6.45, 7) is 1.59. The first-order valence-electron chi connectivity index (χ1n) is 1.82. The molecule has 0 aliphatic carbocycles. The van der Waals surface area contributed by atoms with Crippen LogP contribution in [0.15, 0.2) is 0 Å². The first-order chi connectivity index (χ1) is 2.77. The first kappa shape index (κ1) is 9.65.